The number of rotatable bonds is 2. The van der Waals surface area contributed by atoms with E-state index in [4.69, 9.17) is 4.74 Å². The first-order valence-corrected chi connectivity index (χ1v) is 3.58. The van der Waals surface area contributed by atoms with E-state index in [0.29, 0.717) is 12.2 Å². The summed E-state index contributed by atoms with van der Waals surface area (Å²) < 4.78 is 4.92. The topological polar surface area (TPSA) is 26.3 Å². The Bertz CT molecular complexity index is 234. The number of hydrogen-bond donors (Lipinski definition) is 0. The quantitative estimate of drug-likeness (QED) is 0.429. The maximum absolute atomic E-state index is 10.8. The Labute approximate surface area is 84.7 Å². The molecule has 0 radical (unpaired) electrons. The standard InChI is InChI=1S/C9H10O2.Zn/c1-2-9(10)11-8-6-4-3-5-7-8;/h3-7H,2H2,1H3;. The summed E-state index contributed by atoms with van der Waals surface area (Å²) in [5.74, 6) is 0.413. The largest absolute Gasteiger partial charge is 0.427 e. The minimum atomic E-state index is -0.198. The third kappa shape index (κ3) is 3.63. The van der Waals surface area contributed by atoms with Crippen molar-refractivity contribution in [2.24, 2.45) is 0 Å². The van der Waals surface area contributed by atoms with Crippen molar-refractivity contribution in [3.05, 3.63) is 30.3 Å². The Morgan fingerprint density at radius 2 is 1.92 bits per heavy atom. The second-order valence-electron chi connectivity index (χ2n) is 2.14. The van der Waals surface area contributed by atoms with Crippen molar-refractivity contribution in [3.63, 3.8) is 0 Å². The molecule has 0 saturated heterocycles. The van der Waals surface area contributed by atoms with E-state index >= 15 is 0 Å². The van der Waals surface area contributed by atoms with Gasteiger partial charge in [-0.05, 0) is 12.1 Å². The maximum atomic E-state index is 10.8. The van der Waals surface area contributed by atoms with Crippen molar-refractivity contribution in [2.75, 3.05) is 0 Å². The molecule has 0 aliphatic heterocycles. The molecule has 12 heavy (non-hydrogen) atoms. The molecule has 0 saturated carbocycles. The first kappa shape index (κ1) is 11.3. The number of carbonyl (C=O) groups is 1. The molecule has 60 valence electrons. The summed E-state index contributed by atoms with van der Waals surface area (Å²) in [5.41, 5.74) is 0. The van der Waals surface area contributed by atoms with Gasteiger partial charge >= 0.3 is 5.97 Å². The van der Waals surface area contributed by atoms with E-state index in [1.54, 1.807) is 19.1 Å². The third-order valence-electron chi connectivity index (χ3n) is 1.26. The van der Waals surface area contributed by atoms with E-state index in [9.17, 15) is 4.79 Å². The minimum Gasteiger partial charge on any atom is -0.427 e. The monoisotopic (exact) mass is 214 g/mol. The SMILES string of the molecule is CCC(=O)Oc1ccccc1.[Zn]. The van der Waals surface area contributed by atoms with Gasteiger partial charge < -0.3 is 4.74 Å². The normalized spacial score (nSPS) is 8.42. The molecule has 1 aromatic rings. The zero-order chi connectivity index (χ0) is 8.10. The summed E-state index contributed by atoms with van der Waals surface area (Å²) in [6, 6.07) is 9.06. The van der Waals surface area contributed by atoms with Crippen LogP contribution >= 0.6 is 0 Å². The number of para-hydroxylation sites is 1. The molecule has 0 amide bonds. The second-order valence-corrected chi connectivity index (χ2v) is 2.14. The molecule has 0 bridgehead atoms. The molecule has 3 heteroatoms. The van der Waals surface area contributed by atoms with Crippen LogP contribution in [0, 0.1) is 0 Å². The molecule has 1 aromatic carbocycles. The molecule has 0 aliphatic rings. The van der Waals surface area contributed by atoms with Crippen molar-refractivity contribution in [2.45, 2.75) is 13.3 Å². The van der Waals surface area contributed by atoms with Gasteiger partial charge in [-0.2, -0.15) is 0 Å². The number of esters is 1. The van der Waals surface area contributed by atoms with Gasteiger partial charge in [0.15, 0.2) is 0 Å². The summed E-state index contributed by atoms with van der Waals surface area (Å²) in [6.45, 7) is 1.77. The molecular formula is C9H10O2Zn. The third-order valence-corrected chi connectivity index (χ3v) is 1.26. The minimum absolute atomic E-state index is 0. The Kier molecular flexibility index (Phi) is 5.56. The van der Waals surface area contributed by atoms with E-state index in [-0.39, 0.29) is 25.4 Å². The van der Waals surface area contributed by atoms with E-state index < -0.39 is 0 Å². The smallest absolute Gasteiger partial charge is 0.310 e. The molecule has 0 N–H and O–H groups in total. The second kappa shape index (κ2) is 5.90. The Balaban J connectivity index is 0.00000121. The Morgan fingerprint density at radius 3 is 2.42 bits per heavy atom. The van der Waals surface area contributed by atoms with Crippen molar-refractivity contribution < 1.29 is 29.0 Å². The predicted octanol–water partition coefficient (Wildman–Crippen LogP) is 2.00. The molecule has 0 heterocycles. The van der Waals surface area contributed by atoms with E-state index in [0.717, 1.165) is 0 Å². The van der Waals surface area contributed by atoms with E-state index in [1.165, 1.54) is 0 Å². The van der Waals surface area contributed by atoms with Gasteiger partial charge in [-0.15, -0.1) is 0 Å². The number of ether oxygens (including phenoxy) is 1. The zero-order valence-corrected chi connectivity index (χ0v) is 10.1. The fraction of sp³-hybridized carbons (Fsp3) is 0.222. The van der Waals surface area contributed by atoms with E-state index in [2.05, 4.69) is 0 Å². The van der Waals surface area contributed by atoms with Gasteiger partial charge in [0.2, 0.25) is 0 Å². The van der Waals surface area contributed by atoms with Crippen molar-refractivity contribution in [1.82, 2.24) is 0 Å². The summed E-state index contributed by atoms with van der Waals surface area (Å²) in [6.07, 6.45) is 0.412. The van der Waals surface area contributed by atoms with Crippen LogP contribution in [0.3, 0.4) is 0 Å². The van der Waals surface area contributed by atoms with Crippen LogP contribution in [0.2, 0.25) is 0 Å². The van der Waals surface area contributed by atoms with Crippen LogP contribution in [0.1, 0.15) is 13.3 Å². The average molecular weight is 216 g/mol. The van der Waals surface area contributed by atoms with Crippen LogP contribution in [-0.2, 0) is 24.3 Å². The molecular weight excluding hydrogens is 205 g/mol. The summed E-state index contributed by atoms with van der Waals surface area (Å²) in [4.78, 5) is 10.8. The molecule has 2 nitrogen and oxygen atoms in total. The summed E-state index contributed by atoms with van der Waals surface area (Å²) in [5, 5.41) is 0. The summed E-state index contributed by atoms with van der Waals surface area (Å²) >= 11 is 0. The predicted molar refractivity (Wildman–Crippen MR) is 42.4 cm³/mol. The van der Waals surface area contributed by atoms with Crippen molar-refractivity contribution in [3.8, 4) is 5.75 Å². The van der Waals surface area contributed by atoms with Crippen LogP contribution in [0.4, 0.5) is 0 Å². The number of carbonyl (C=O) groups excluding carboxylic acids is 1. The van der Waals surface area contributed by atoms with Crippen LogP contribution in [0.5, 0.6) is 5.75 Å². The van der Waals surface area contributed by atoms with Gasteiger partial charge in [0.1, 0.15) is 5.75 Å². The molecule has 0 atom stereocenters. The van der Waals surface area contributed by atoms with Gasteiger partial charge in [0.05, 0.1) is 0 Å². The van der Waals surface area contributed by atoms with Crippen molar-refractivity contribution >= 4 is 5.97 Å². The van der Waals surface area contributed by atoms with Gasteiger partial charge in [0.25, 0.3) is 0 Å². The van der Waals surface area contributed by atoms with Crippen LogP contribution in [0.25, 0.3) is 0 Å². The molecule has 0 aromatic heterocycles. The fourth-order valence-electron chi connectivity index (χ4n) is 0.692. The first-order valence-electron chi connectivity index (χ1n) is 3.58. The number of benzene rings is 1. The fourth-order valence-corrected chi connectivity index (χ4v) is 0.692. The number of hydrogen-bond acceptors (Lipinski definition) is 2. The van der Waals surface area contributed by atoms with E-state index in [1.807, 2.05) is 18.2 Å². The van der Waals surface area contributed by atoms with Crippen molar-refractivity contribution in [1.29, 1.82) is 0 Å². The molecule has 0 fully saturated rings. The first-order chi connectivity index (χ1) is 5.33. The Hall–Kier alpha value is -0.687. The van der Waals surface area contributed by atoms with Crippen LogP contribution in [0.15, 0.2) is 30.3 Å². The van der Waals surface area contributed by atoms with Gasteiger partial charge in [0, 0.05) is 25.9 Å². The zero-order valence-electron chi connectivity index (χ0n) is 7.12. The molecule has 1 rings (SSSR count). The van der Waals surface area contributed by atoms with Crippen LogP contribution in [-0.4, -0.2) is 5.97 Å². The molecule has 0 aliphatic carbocycles. The average Bonchev–Trinajstić information content (AvgIpc) is 2.06. The molecule has 0 unspecified atom stereocenters. The summed E-state index contributed by atoms with van der Waals surface area (Å²) in [7, 11) is 0. The van der Waals surface area contributed by atoms with Crippen LogP contribution < -0.4 is 4.74 Å². The van der Waals surface area contributed by atoms with Gasteiger partial charge in [-0.3, -0.25) is 4.79 Å². The molecule has 0 spiro atoms. The van der Waals surface area contributed by atoms with Gasteiger partial charge in [-0.1, -0.05) is 25.1 Å². The maximum Gasteiger partial charge on any atom is 0.310 e. The Morgan fingerprint density at radius 1 is 1.33 bits per heavy atom. The van der Waals surface area contributed by atoms with Gasteiger partial charge in [-0.25, -0.2) is 0 Å².